The molecule has 3 aromatic rings. The van der Waals surface area contributed by atoms with Gasteiger partial charge >= 0.3 is 16.3 Å². The van der Waals surface area contributed by atoms with E-state index in [-0.39, 0.29) is 15.8 Å². The van der Waals surface area contributed by atoms with Crippen LogP contribution in [0, 0.1) is 12.7 Å². The van der Waals surface area contributed by atoms with Crippen molar-refractivity contribution < 1.29 is 30.2 Å². The van der Waals surface area contributed by atoms with Crippen LogP contribution in [0.25, 0.3) is 10.9 Å². The zero-order chi connectivity index (χ0) is 19.1. The fraction of sp³-hybridized carbons (Fsp3) is 0.118. The molecule has 3 rings (SSSR count). The number of pyridine rings is 1. The van der Waals surface area contributed by atoms with Crippen LogP contribution in [0.15, 0.2) is 53.4 Å². The molecule has 0 spiro atoms. The average Bonchev–Trinajstić information content (AvgIpc) is 2.54. The molecule has 0 saturated carbocycles. The van der Waals surface area contributed by atoms with Crippen LogP contribution in [-0.2, 0) is 16.3 Å². The fourth-order valence-electron chi connectivity index (χ4n) is 2.25. The van der Waals surface area contributed by atoms with Crippen LogP contribution in [0.5, 0.6) is 5.75 Å². The van der Waals surface area contributed by atoms with Crippen LogP contribution in [0.3, 0.4) is 0 Å². The largest absolute Gasteiger partial charge is 0.433 e. The Morgan fingerprint density at radius 1 is 1.00 bits per heavy atom. The Balaban J connectivity index is 2.16. The second-order valence-electron chi connectivity index (χ2n) is 5.52. The van der Waals surface area contributed by atoms with Crippen LogP contribution >= 0.6 is 0 Å². The Labute approximate surface area is 146 Å². The van der Waals surface area contributed by atoms with Crippen molar-refractivity contribution in [1.82, 2.24) is 4.98 Å². The van der Waals surface area contributed by atoms with E-state index in [1.165, 1.54) is 24.3 Å². The van der Waals surface area contributed by atoms with E-state index in [0.29, 0.717) is 6.07 Å². The molecule has 1 heterocycles. The number of benzene rings is 2. The first-order valence-electron chi connectivity index (χ1n) is 7.25. The van der Waals surface area contributed by atoms with Gasteiger partial charge in [0.05, 0.1) is 5.52 Å². The van der Waals surface area contributed by atoms with Gasteiger partial charge in [0.25, 0.3) is 0 Å². The van der Waals surface area contributed by atoms with Gasteiger partial charge in [-0.05, 0) is 37.3 Å². The molecule has 9 heteroatoms. The zero-order valence-electron chi connectivity index (χ0n) is 13.2. The number of rotatable bonds is 3. The number of hydrogen-bond acceptors (Lipinski definition) is 4. The maximum absolute atomic E-state index is 13.5. The Morgan fingerprint density at radius 3 is 2.27 bits per heavy atom. The summed E-state index contributed by atoms with van der Waals surface area (Å²) in [6, 6.07) is 8.80. The Bertz CT molecular complexity index is 1080. The number of aryl methyl sites for hydroxylation is 1. The van der Waals surface area contributed by atoms with Crippen LogP contribution in [0.4, 0.5) is 17.6 Å². The van der Waals surface area contributed by atoms with Crippen LogP contribution in [0.1, 0.15) is 11.3 Å². The lowest BCUT2D eigenvalue weighted by atomic mass is 10.1. The molecule has 0 aliphatic heterocycles. The first-order valence-corrected chi connectivity index (χ1v) is 8.66. The van der Waals surface area contributed by atoms with E-state index < -0.39 is 33.6 Å². The molecular formula is C17H11F4NO3S. The maximum atomic E-state index is 13.5. The molecule has 0 radical (unpaired) electrons. The quantitative estimate of drug-likeness (QED) is 0.493. The van der Waals surface area contributed by atoms with Crippen molar-refractivity contribution in [2.75, 3.05) is 0 Å². The Morgan fingerprint density at radius 2 is 1.65 bits per heavy atom. The minimum Gasteiger partial charge on any atom is -0.378 e. The summed E-state index contributed by atoms with van der Waals surface area (Å²) in [7, 11) is -4.41. The third-order valence-corrected chi connectivity index (χ3v) is 4.78. The molecule has 0 aliphatic carbocycles. The van der Waals surface area contributed by atoms with E-state index in [1.807, 2.05) is 0 Å². The summed E-state index contributed by atoms with van der Waals surface area (Å²) >= 11 is 0. The van der Waals surface area contributed by atoms with Crippen molar-refractivity contribution in [1.29, 1.82) is 0 Å². The molecule has 2 aromatic carbocycles. The van der Waals surface area contributed by atoms with Crippen molar-refractivity contribution in [3.05, 3.63) is 65.6 Å². The highest BCUT2D eigenvalue weighted by atomic mass is 32.2. The van der Waals surface area contributed by atoms with Gasteiger partial charge in [-0.3, -0.25) is 0 Å². The van der Waals surface area contributed by atoms with E-state index in [1.54, 1.807) is 6.92 Å². The summed E-state index contributed by atoms with van der Waals surface area (Å²) in [6.07, 6.45) is -4.83. The van der Waals surface area contributed by atoms with Gasteiger partial charge in [0, 0.05) is 11.5 Å². The van der Waals surface area contributed by atoms with Gasteiger partial charge in [-0.25, -0.2) is 9.37 Å². The van der Waals surface area contributed by atoms with Gasteiger partial charge in [-0.2, -0.15) is 21.6 Å². The SMILES string of the molecule is Cc1ccc(S(=O)(=O)Oc2cc(C(F)(F)F)nc3ccc(F)cc23)cc1. The van der Waals surface area contributed by atoms with Crippen LogP contribution in [-0.4, -0.2) is 13.4 Å². The molecule has 0 amide bonds. The van der Waals surface area contributed by atoms with E-state index in [9.17, 15) is 26.0 Å². The minimum atomic E-state index is -4.83. The van der Waals surface area contributed by atoms with Gasteiger partial charge in [-0.15, -0.1) is 0 Å². The van der Waals surface area contributed by atoms with Crippen LogP contribution < -0.4 is 4.18 Å². The van der Waals surface area contributed by atoms with Crippen molar-refractivity contribution in [3.63, 3.8) is 0 Å². The van der Waals surface area contributed by atoms with Crippen molar-refractivity contribution in [2.45, 2.75) is 18.0 Å². The number of aromatic nitrogens is 1. The molecule has 0 atom stereocenters. The lowest BCUT2D eigenvalue weighted by Crippen LogP contribution is -2.13. The number of halogens is 4. The third kappa shape index (κ3) is 3.62. The van der Waals surface area contributed by atoms with Crippen molar-refractivity contribution in [3.8, 4) is 5.75 Å². The van der Waals surface area contributed by atoms with E-state index in [2.05, 4.69) is 4.98 Å². The van der Waals surface area contributed by atoms with Gasteiger partial charge in [-0.1, -0.05) is 17.7 Å². The van der Waals surface area contributed by atoms with E-state index in [4.69, 9.17) is 4.18 Å². The molecule has 0 N–H and O–H groups in total. The lowest BCUT2D eigenvalue weighted by molar-refractivity contribution is -0.141. The Kier molecular flexibility index (Phi) is 4.35. The summed E-state index contributed by atoms with van der Waals surface area (Å²) in [5.41, 5.74) is -0.791. The molecule has 0 aliphatic rings. The van der Waals surface area contributed by atoms with Gasteiger partial charge in [0.2, 0.25) is 0 Å². The number of fused-ring (bicyclic) bond motifs is 1. The van der Waals surface area contributed by atoms with Gasteiger partial charge in [0.1, 0.15) is 16.4 Å². The second-order valence-corrected chi connectivity index (χ2v) is 7.06. The predicted octanol–water partition coefficient (Wildman–Crippen LogP) is 4.47. The van der Waals surface area contributed by atoms with E-state index in [0.717, 1.165) is 23.8 Å². The van der Waals surface area contributed by atoms with Gasteiger partial charge < -0.3 is 4.18 Å². The molecule has 0 fully saturated rings. The maximum Gasteiger partial charge on any atom is 0.433 e. The smallest absolute Gasteiger partial charge is 0.378 e. The Hall–Kier alpha value is -2.68. The fourth-order valence-corrected chi connectivity index (χ4v) is 3.19. The number of hydrogen-bond donors (Lipinski definition) is 0. The summed E-state index contributed by atoms with van der Waals surface area (Å²) in [5.74, 6) is -1.42. The standard InChI is InChI=1S/C17H11F4NO3S/c1-10-2-5-12(6-3-10)26(23,24)25-15-9-16(17(19,20)21)22-14-7-4-11(18)8-13(14)15/h2-9H,1H3. The summed E-state index contributed by atoms with van der Waals surface area (Å²) in [6.45, 7) is 1.74. The minimum absolute atomic E-state index is 0.186. The summed E-state index contributed by atoms with van der Waals surface area (Å²) in [4.78, 5) is 3.16. The molecular weight excluding hydrogens is 374 g/mol. The van der Waals surface area contributed by atoms with Crippen LogP contribution in [0.2, 0.25) is 0 Å². The highest BCUT2D eigenvalue weighted by molar-refractivity contribution is 7.87. The van der Waals surface area contributed by atoms with Gasteiger partial charge in [0.15, 0.2) is 5.75 Å². The summed E-state index contributed by atoms with van der Waals surface area (Å²) < 4.78 is 82.3. The topological polar surface area (TPSA) is 56.3 Å². The first kappa shape index (κ1) is 18.1. The van der Waals surface area contributed by atoms with E-state index >= 15 is 0 Å². The summed E-state index contributed by atoms with van der Waals surface area (Å²) in [5, 5.41) is -0.186. The molecule has 0 unspecified atom stereocenters. The number of nitrogens with zero attached hydrogens (tertiary/aromatic N) is 1. The molecule has 136 valence electrons. The molecule has 0 saturated heterocycles. The highest BCUT2D eigenvalue weighted by Crippen LogP contribution is 2.35. The number of alkyl halides is 3. The predicted molar refractivity (Wildman–Crippen MR) is 85.7 cm³/mol. The highest BCUT2D eigenvalue weighted by Gasteiger charge is 2.34. The average molecular weight is 385 g/mol. The van der Waals surface area contributed by atoms with Crippen molar-refractivity contribution >= 4 is 21.0 Å². The molecule has 4 nitrogen and oxygen atoms in total. The molecule has 0 bridgehead atoms. The van der Waals surface area contributed by atoms with Crippen molar-refractivity contribution in [2.24, 2.45) is 0 Å². The molecule has 1 aromatic heterocycles. The third-order valence-electron chi connectivity index (χ3n) is 3.53. The first-order chi connectivity index (χ1) is 12.1. The second kappa shape index (κ2) is 6.24. The zero-order valence-corrected chi connectivity index (χ0v) is 14.0. The molecule has 26 heavy (non-hydrogen) atoms. The lowest BCUT2D eigenvalue weighted by Gasteiger charge is -2.13. The normalized spacial score (nSPS) is 12.3. The monoisotopic (exact) mass is 385 g/mol.